The zero-order chi connectivity index (χ0) is 19.1. The molecule has 0 radical (unpaired) electrons. The number of ether oxygens (including phenoxy) is 5. The first-order valence-electron chi connectivity index (χ1n) is 7.85. The summed E-state index contributed by atoms with van der Waals surface area (Å²) < 4.78 is 66.3. The van der Waals surface area contributed by atoms with Crippen LogP contribution in [0.1, 0.15) is 19.5 Å². The average molecular weight is 377 g/mol. The van der Waals surface area contributed by atoms with Crippen LogP contribution in [0, 0.1) is 0 Å². The van der Waals surface area contributed by atoms with E-state index in [-0.39, 0.29) is 5.88 Å². The number of rotatable bonds is 4. The maximum Gasteiger partial charge on any atom is 0.433 e. The Morgan fingerprint density at radius 1 is 1.23 bits per heavy atom. The number of aromatic nitrogens is 1. The molecule has 26 heavy (non-hydrogen) atoms. The van der Waals surface area contributed by atoms with Crippen molar-refractivity contribution in [2.75, 3.05) is 7.11 Å². The molecule has 0 aliphatic carbocycles. The highest BCUT2D eigenvalue weighted by Gasteiger charge is 2.56. The zero-order valence-corrected chi connectivity index (χ0v) is 14.2. The molecule has 144 valence electrons. The summed E-state index contributed by atoms with van der Waals surface area (Å²) in [6.07, 6.45) is -8.63. The summed E-state index contributed by atoms with van der Waals surface area (Å²) in [6, 6.07) is 3.30. The minimum Gasteiger partial charge on any atom is -0.466 e. The number of fused-ring (bicyclic) bond motifs is 1. The van der Waals surface area contributed by atoms with E-state index in [4.69, 9.17) is 23.7 Å². The van der Waals surface area contributed by atoms with Crippen LogP contribution in [-0.2, 0) is 29.9 Å². The third-order valence-electron chi connectivity index (χ3n) is 4.01. The highest BCUT2D eigenvalue weighted by molar-refractivity contribution is 5.58. The molecule has 0 amide bonds. The molecule has 3 heterocycles. The number of carbonyl (C=O) groups is 1. The summed E-state index contributed by atoms with van der Waals surface area (Å²) in [5.41, 5.74) is -1.09. The number of nitrogens with zero attached hydrogens (tertiary/aromatic N) is 1. The van der Waals surface area contributed by atoms with Crippen molar-refractivity contribution in [3.8, 4) is 5.88 Å². The molecule has 2 aliphatic heterocycles. The number of halogens is 3. The number of hydrogen-bond acceptors (Lipinski definition) is 7. The second-order valence-corrected chi connectivity index (χ2v) is 6.35. The quantitative estimate of drug-likeness (QED) is 0.742. The van der Waals surface area contributed by atoms with Gasteiger partial charge in [-0.2, -0.15) is 13.2 Å². The average Bonchev–Trinajstić information content (AvgIpc) is 2.90. The first-order valence-corrected chi connectivity index (χ1v) is 7.85. The predicted octanol–water partition coefficient (Wildman–Crippen LogP) is 1.94. The van der Waals surface area contributed by atoms with Crippen LogP contribution in [0.4, 0.5) is 13.2 Å². The fourth-order valence-corrected chi connectivity index (χ4v) is 2.99. The van der Waals surface area contributed by atoms with E-state index in [1.807, 2.05) is 0 Å². The third-order valence-corrected chi connectivity index (χ3v) is 4.01. The van der Waals surface area contributed by atoms with Gasteiger partial charge in [-0.05, 0) is 19.9 Å². The van der Waals surface area contributed by atoms with Gasteiger partial charge in [0.1, 0.15) is 24.0 Å². The predicted molar refractivity (Wildman–Crippen MR) is 79.2 cm³/mol. The van der Waals surface area contributed by atoms with Crippen LogP contribution in [0.15, 0.2) is 18.2 Å². The number of hydrogen-bond donors (Lipinski definition) is 0. The van der Waals surface area contributed by atoms with Crippen molar-refractivity contribution in [1.29, 1.82) is 0 Å². The molecule has 0 aromatic carbocycles. The van der Waals surface area contributed by atoms with Crippen molar-refractivity contribution < 1.29 is 41.7 Å². The molecule has 3 rings (SSSR count). The van der Waals surface area contributed by atoms with Gasteiger partial charge in [-0.3, -0.25) is 0 Å². The van der Waals surface area contributed by atoms with Crippen LogP contribution in [0.25, 0.3) is 0 Å². The molecule has 0 bridgehead atoms. The van der Waals surface area contributed by atoms with Gasteiger partial charge in [0.2, 0.25) is 5.88 Å². The number of aldehydes is 1. The van der Waals surface area contributed by atoms with Gasteiger partial charge in [0.15, 0.2) is 24.5 Å². The zero-order valence-electron chi connectivity index (χ0n) is 14.2. The van der Waals surface area contributed by atoms with Gasteiger partial charge in [-0.25, -0.2) is 4.98 Å². The summed E-state index contributed by atoms with van der Waals surface area (Å²) in [6.45, 7) is 3.29. The molecule has 5 atom stereocenters. The lowest BCUT2D eigenvalue weighted by Crippen LogP contribution is -2.59. The number of methoxy groups -OCH3 is 1. The van der Waals surface area contributed by atoms with E-state index in [1.54, 1.807) is 13.8 Å². The standard InChI is InChI=1S/C16H18F3NO6/c1-15(2)25-11-8(7-21)23-14(22-3)13(12(11)26-15)24-10-6-4-5-9(20-10)16(17,18)19/h4-8,11-14H,1-3H3/t8-,11+,12+,13-,14+/m1/s1. The Morgan fingerprint density at radius 3 is 2.54 bits per heavy atom. The second kappa shape index (κ2) is 6.76. The molecule has 2 aliphatic rings. The van der Waals surface area contributed by atoms with Crippen molar-refractivity contribution >= 4 is 6.29 Å². The largest absolute Gasteiger partial charge is 0.466 e. The van der Waals surface area contributed by atoms with Crippen molar-refractivity contribution in [3.05, 3.63) is 23.9 Å². The molecular formula is C16H18F3NO6. The molecule has 0 unspecified atom stereocenters. The normalized spacial score (nSPS) is 33.5. The Morgan fingerprint density at radius 2 is 1.92 bits per heavy atom. The molecule has 0 N–H and O–H groups in total. The van der Waals surface area contributed by atoms with Crippen LogP contribution in [0.3, 0.4) is 0 Å². The van der Waals surface area contributed by atoms with Crippen molar-refractivity contribution in [1.82, 2.24) is 4.98 Å². The first-order chi connectivity index (χ1) is 12.1. The molecule has 10 heteroatoms. The first kappa shape index (κ1) is 19.0. The molecule has 2 fully saturated rings. The van der Waals surface area contributed by atoms with Gasteiger partial charge in [0, 0.05) is 13.2 Å². The van der Waals surface area contributed by atoms with Gasteiger partial charge < -0.3 is 28.5 Å². The van der Waals surface area contributed by atoms with Gasteiger partial charge in [0.05, 0.1) is 0 Å². The molecule has 1 aromatic heterocycles. The van der Waals surface area contributed by atoms with Crippen LogP contribution in [-0.4, -0.2) is 54.9 Å². The Balaban J connectivity index is 1.88. The van der Waals surface area contributed by atoms with Gasteiger partial charge in [-0.15, -0.1) is 0 Å². The summed E-state index contributed by atoms with van der Waals surface area (Å²) in [5.74, 6) is -1.29. The summed E-state index contributed by atoms with van der Waals surface area (Å²) in [5, 5.41) is 0. The van der Waals surface area contributed by atoms with E-state index < -0.39 is 48.4 Å². The maximum atomic E-state index is 12.9. The fraction of sp³-hybridized carbons (Fsp3) is 0.625. The Labute approximate surface area is 147 Å². The van der Waals surface area contributed by atoms with Crippen molar-refractivity contribution in [2.45, 2.75) is 56.5 Å². The maximum absolute atomic E-state index is 12.9. The number of pyridine rings is 1. The molecule has 2 saturated heterocycles. The lowest BCUT2D eigenvalue weighted by Gasteiger charge is -2.39. The Bertz CT molecular complexity index is 668. The van der Waals surface area contributed by atoms with Crippen LogP contribution >= 0.6 is 0 Å². The SMILES string of the molecule is CO[C@H]1O[C@H](C=O)[C@@H]2OC(C)(C)O[C@@H]2[C@H]1Oc1cccc(C(F)(F)F)n1. The van der Waals surface area contributed by atoms with Crippen LogP contribution in [0.2, 0.25) is 0 Å². The number of carbonyl (C=O) groups excluding carboxylic acids is 1. The summed E-state index contributed by atoms with van der Waals surface area (Å²) in [4.78, 5) is 14.8. The van der Waals surface area contributed by atoms with E-state index in [0.29, 0.717) is 6.29 Å². The van der Waals surface area contributed by atoms with E-state index >= 15 is 0 Å². The lowest BCUT2D eigenvalue weighted by molar-refractivity contribution is -0.255. The van der Waals surface area contributed by atoms with Crippen molar-refractivity contribution in [3.63, 3.8) is 0 Å². The van der Waals surface area contributed by atoms with Gasteiger partial charge in [-0.1, -0.05) is 6.07 Å². The summed E-state index contributed by atoms with van der Waals surface area (Å²) >= 11 is 0. The van der Waals surface area contributed by atoms with Crippen molar-refractivity contribution in [2.24, 2.45) is 0 Å². The molecular weight excluding hydrogens is 359 g/mol. The topological polar surface area (TPSA) is 76.1 Å². The van der Waals surface area contributed by atoms with Gasteiger partial charge >= 0.3 is 6.18 Å². The third kappa shape index (κ3) is 3.68. The minimum atomic E-state index is -4.61. The highest BCUT2D eigenvalue weighted by Crippen LogP contribution is 2.39. The second-order valence-electron chi connectivity index (χ2n) is 6.35. The molecule has 0 spiro atoms. The smallest absolute Gasteiger partial charge is 0.433 e. The monoisotopic (exact) mass is 377 g/mol. The van der Waals surface area contributed by atoms with Crippen LogP contribution < -0.4 is 4.74 Å². The minimum absolute atomic E-state index is 0.271. The summed E-state index contributed by atoms with van der Waals surface area (Å²) in [7, 11) is 1.32. The molecule has 7 nitrogen and oxygen atoms in total. The van der Waals surface area contributed by atoms with E-state index in [9.17, 15) is 18.0 Å². The van der Waals surface area contributed by atoms with Crippen LogP contribution in [0.5, 0.6) is 5.88 Å². The van der Waals surface area contributed by atoms with E-state index in [1.165, 1.54) is 19.2 Å². The molecule has 0 saturated carbocycles. The van der Waals surface area contributed by atoms with Gasteiger partial charge in [0.25, 0.3) is 0 Å². The highest BCUT2D eigenvalue weighted by atomic mass is 19.4. The Kier molecular flexibility index (Phi) is 4.95. The Hall–Kier alpha value is -1.75. The lowest BCUT2D eigenvalue weighted by atomic mass is 9.99. The number of alkyl halides is 3. The fourth-order valence-electron chi connectivity index (χ4n) is 2.99. The van der Waals surface area contributed by atoms with E-state index in [2.05, 4.69) is 4.98 Å². The van der Waals surface area contributed by atoms with E-state index in [0.717, 1.165) is 6.07 Å². The molecule has 1 aromatic rings.